The van der Waals surface area contributed by atoms with Crippen molar-refractivity contribution in [3.63, 3.8) is 0 Å². The lowest BCUT2D eigenvalue weighted by Gasteiger charge is -2.29. The Bertz CT molecular complexity index is 887. The van der Waals surface area contributed by atoms with Gasteiger partial charge < -0.3 is 20.2 Å². The summed E-state index contributed by atoms with van der Waals surface area (Å²) in [4.78, 5) is 29.5. The van der Waals surface area contributed by atoms with Crippen LogP contribution in [0.2, 0.25) is 0 Å². The molecule has 0 bridgehead atoms. The van der Waals surface area contributed by atoms with Crippen LogP contribution in [-0.4, -0.2) is 72.1 Å². The molecule has 0 atom stereocenters. The van der Waals surface area contributed by atoms with Gasteiger partial charge in [-0.2, -0.15) is 0 Å². The van der Waals surface area contributed by atoms with E-state index in [-0.39, 0.29) is 17.9 Å². The van der Waals surface area contributed by atoms with E-state index in [2.05, 4.69) is 30.1 Å². The first kappa shape index (κ1) is 23.0. The lowest BCUT2D eigenvalue weighted by atomic mass is 9.99. The Kier molecular flexibility index (Phi) is 8.20. The number of likely N-dealkylation sites (tertiary alicyclic amines) is 1. The number of piperidine rings is 1. The lowest BCUT2D eigenvalue weighted by Crippen LogP contribution is -2.40. The first-order valence-corrected chi connectivity index (χ1v) is 11.1. The van der Waals surface area contributed by atoms with Gasteiger partial charge in [0.1, 0.15) is 0 Å². The Morgan fingerprint density at radius 2 is 1.87 bits per heavy atom. The van der Waals surface area contributed by atoms with Gasteiger partial charge >= 0.3 is 0 Å². The maximum absolute atomic E-state index is 12.9. The minimum Gasteiger partial charge on any atom is -0.393 e. The topological polar surface area (TPSA) is 72.9 Å². The van der Waals surface area contributed by atoms with Crippen LogP contribution in [0, 0.1) is 6.07 Å². The fraction of sp³-hybridized carbons (Fsp3) is 0.440. The molecule has 2 aromatic carbocycles. The molecule has 1 saturated heterocycles. The number of aliphatic hydroxyl groups excluding tert-OH is 1. The molecular formula is C25H32N3O3. The summed E-state index contributed by atoms with van der Waals surface area (Å²) >= 11 is 0. The highest BCUT2D eigenvalue weighted by Crippen LogP contribution is 2.23. The van der Waals surface area contributed by atoms with Crippen LogP contribution in [0.1, 0.15) is 47.4 Å². The largest absolute Gasteiger partial charge is 0.393 e. The third-order valence-electron chi connectivity index (χ3n) is 5.84. The number of nitrogens with one attached hydrogen (secondary N) is 1. The Morgan fingerprint density at radius 1 is 1.13 bits per heavy atom. The third kappa shape index (κ3) is 6.15. The molecule has 6 heteroatoms. The predicted molar refractivity (Wildman–Crippen MR) is 122 cm³/mol. The molecule has 0 aromatic heterocycles. The normalized spacial score (nSPS) is 14.6. The fourth-order valence-corrected chi connectivity index (χ4v) is 3.82. The number of rotatable bonds is 8. The number of carbonyl (C=O) groups is 2. The molecule has 1 aliphatic rings. The minimum atomic E-state index is -0.314. The second kappa shape index (κ2) is 11.1. The fourth-order valence-electron chi connectivity index (χ4n) is 3.82. The summed E-state index contributed by atoms with van der Waals surface area (Å²) in [5.41, 5.74) is 2.81. The maximum Gasteiger partial charge on any atom is 0.253 e. The molecule has 2 amide bonds. The van der Waals surface area contributed by atoms with Crippen molar-refractivity contribution >= 4 is 11.8 Å². The van der Waals surface area contributed by atoms with E-state index in [4.69, 9.17) is 0 Å². The van der Waals surface area contributed by atoms with Crippen molar-refractivity contribution in [2.45, 2.75) is 32.8 Å². The number of amides is 2. The smallest absolute Gasteiger partial charge is 0.253 e. The van der Waals surface area contributed by atoms with Gasteiger partial charge in [-0.15, -0.1) is 0 Å². The number of aliphatic hydroxyl groups is 1. The highest BCUT2D eigenvalue weighted by atomic mass is 16.3. The molecule has 0 aliphatic carbocycles. The molecule has 2 N–H and O–H groups in total. The standard InChI is InChI=1S/C25H32N3O3/c1-3-27(4-2)16-13-26-24(30)21-9-5-7-19(17-21)20-8-6-10-22(18-20)25(31)28-14-11-23(29)12-15-28/h5-6,8-10,17-18,23,29H,3-4,11-16H2,1-2H3,(H,26,30). The third-order valence-corrected chi connectivity index (χ3v) is 5.84. The van der Waals surface area contributed by atoms with E-state index in [1.165, 1.54) is 0 Å². The number of hydrogen-bond acceptors (Lipinski definition) is 4. The second-order valence-corrected chi connectivity index (χ2v) is 7.88. The molecule has 1 radical (unpaired) electrons. The Hall–Kier alpha value is -2.70. The molecule has 2 aromatic rings. The first-order chi connectivity index (χ1) is 15.0. The van der Waals surface area contributed by atoms with Crippen LogP contribution in [0.25, 0.3) is 11.1 Å². The maximum atomic E-state index is 12.9. The summed E-state index contributed by atoms with van der Waals surface area (Å²) in [6.07, 6.45) is 0.917. The van der Waals surface area contributed by atoms with Crippen LogP contribution in [0.3, 0.4) is 0 Å². The van der Waals surface area contributed by atoms with Crippen LogP contribution in [0.4, 0.5) is 0 Å². The van der Waals surface area contributed by atoms with Gasteiger partial charge in [0.25, 0.3) is 11.8 Å². The Balaban J connectivity index is 1.68. The van der Waals surface area contributed by atoms with E-state index in [9.17, 15) is 14.7 Å². The Labute approximate surface area is 184 Å². The van der Waals surface area contributed by atoms with Crippen LogP contribution >= 0.6 is 0 Å². The van der Waals surface area contributed by atoms with Gasteiger partial charge in [0, 0.05) is 37.3 Å². The van der Waals surface area contributed by atoms with Crippen molar-refractivity contribution < 1.29 is 14.7 Å². The minimum absolute atomic E-state index is 0.0287. The molecule has 0 spiro atoms. The van der Waals surface area contributed by atoms with Crippen LogP contribution in [0.15, 0.2) is 42.5 Å². The van der Waals surface area contributed by atoms with Gasteiger partial charge in [-0.05, 0) is 67.4 Å². The van der Waals surface area contributed by atoms with Crippen molar-refractivity contribution in [2.24, 2.45) is 0 Å². The van der Waals surface area contributed by atoms with Gasteiger partial charge in [-0.1, -0.05) is 32.0 Å². The van der Waals surface area contributed by atoms with Gasteiger partial charge in [-0.25, -0.2) is 0 Å². The van der Waals surface area contributed by atoms with E-state index >= 15 is 0 Å². The molecule has 165 valence electrons. The number of carbonyl (C=O) groups excluding carboxylic acids is 2. The highest BCUT2D eigenvalue weighted by Gasteiger charge is 2.22. The van der Waals surface area contributed by atoms with E-state index in [0.717, 1.165) is 30.8 Å². The predicted octanol–water partition coefficient (Wildman–Crippen LogP) is 2.82. The van der Waals surface area contributed by atoms with E-state index in [0.29, 0.717) is 43.6 Å². The van der Waals surface area contributed by atoms with Crippen LogP contribution in [0.5, 0.6) is 0 Å². The van der Waals surface area contributed by atoms with Crippen molar-refractivity contribution in [2.75, 3.05) is 39.3 Å². The van der Waals surface area contributed by atoms with Gasteiger partial charge in [0.15, 0.2) is 0 Å². The first-order valence-electron chi connectivity index (χ1n) is 11.1. The Morgan fingerprint density at radius 3 is 2.58 bits per heavy atom. The molecule has 31 heavy (non-hydrogen) atoms. The van der Waals surface area contributed by atoms with Gasteiger partial charge in [-0.3, -0.25) is 9.59 Å². The van der Waals surface area contributed by atoms with E-state index in [1.807, 2.05) is 24.3 Å². The van der Waals surface area contributed by atoms with Crippen molar-refractivity contribution in [1.82, 2.24) is 15.1 Å². The zero-order valence-corrected chi connectivity index (χ0v) is 18.4. The summed E-state index contributed by atoms with van der Waals surface area (Å²) in [6.45, 7) is 8.70. The second-order valence-electron chi connectivity index (χ2n) is 7.88. The zero-order chi connectivity index (χ0) is 22.2. The van der Waals surface area contributed by atoms with E-state index in [1.54, 1.807) is 23.1 Å². The SMILES string of the molecule is CCN(CC)CCNC(=O)c1cc[c]c(-c2cccc(C(=O)N3CCC(O)CC3)c2)c1. The lowest BCUT2D eigenvalue weighted by molar-refractivity contribution is 0.0546. The average Bonchev–Trinajstić information content (AvgIpc) is 2.82. The summed E-state index contributed by atoms with van der Waals surface area (Å²) in [7, 11) is 0. The van der Waals surface area contributed by atoms with Crippen LogP contribution < -0.4 is 5.32 Å². The average molecular weight is 423 g/mol. The highest BCUT2D eigenvalue weighted by molar-refractivity contribution is 5.97. The van der Waals surface area contributed by atoms with Gasteiger partial charge in [0.2, 0.25) is 0 Å². The number of hydrogen-bond donors (Lipinski definition) is 2. The van der Waals surface area contributed by atoms with Crippen molar-refractivity contribution in [3.8, 4) is 11.1 Å². The molecule has 0 unspecified atom stereocenters. The van der Waals surface area contributed by atoms with Gasteiger partial charge in [0.05, 0.1) is 6.10 Å². The molecular weight excluding hydrogens is 390 g/mol. The van der Waals surface area contributed by atoms with Crippen LogP contribution in [-0.2, 0) is 0 Å². The number of likely N-dealkylation sites (N-methyl/N-ethyl adjacent to an activating group) is 1. The number of nitrogens with zero attached hydrogens (tertiary/aromatic N) is 2. The monoisotopic (exact) mass is 422 g/mol. The summed E-state index contributed by atoms with van der Waals surface area (Å²) < 4.78 is 0. The summed E-state index contributed by atoms with van der Waals surface area (Å²) in [5, 5.41) is 12.6. The molecule has 3 rings (SSSR count). The molecule has 6 nitrogen and oxygen atoms in total. The zero-order valence-electron chi connectivity index (χ0n) is 18.4. The van der Waals surface area contributed by atoms with Crippen molar-refractivity contribution in [1.29, 1.82) is 0 Å². The molecule has 1 fully saturated rings. The number of benzene rings is 2. The van der Waals surface area contributed by atoms with E-state index < -0.39 is 0 Å². The molecule has 1 heterocycles. The molecule has 0 saturated carbocycles. The molecule has 1 aliphatic heterocycles. The summed E-state index contributed by atoms with van der Waals surface area (Å²) in [6, 6.07) is 15.9. The van der Waals surface area contributed by atoms with Crippen molar-refractivity contribution in [3.05, 3.63) is 59.7 Å². The summed E-state index contributed by atoms with van der Waals surface area (Å²) in [5.74, 6) is -0.138. The quantitative estimate of drug-likeness (QED) is 0.686.